The maximum absolute atomic E-state index is 6.02. The molecule has 118 valence electrons. The zero-order valence-electron chi connectivity index (χ0n) is 13.6. The molecule has 4 heteroatoms. The van der Waals surface area contributed by atoms with Crippen LogP contribution in [0.4, 0.5) is 0 Å². The quantitative estimate of drug-likeness (QED) is 0.839. The molecule has 3 heterocycles. The van der Waals surface area contributed by atoms with Crippen LogP contribution in [-0.4, -0.2) is 35.1 Å². The molecule has 0 saturated carbocycles. The van der Waals surface area contributed by atoms with Gasteiger partial charge >= 0.3 is 0 Å². The van der Waals surface area contributed by atoms with E-state index >= 15 is 0 Å². The lowest BCUT2D eigenvalue weighted by atomic mass is 9.82. The molecule has 2 fully saturated rings. The van der Waals surface area contributed by atoms with Crippen LogP contribution in [0.1, 0.15) is 57.7 Å². The fourth-order valence-electron chi connectivity index (χ4n) is 4.15. The fraction of sp³-hybridized carbons (Fsp3) is 0.824. The Kier molecular flexibility index (Phi) is 4.65. The third-order valence-corrected chi connectivity index (χ3v) is 5.45. The molecule has 0 aliphatic carbocycles. The van der Waals surface area contributed by atoms with Crippen molar-refractivity contribution in [1.82, 2.24) is 15.1 Å². The molecule has 0 amide bonds. The van der Waals surface area contributed by atoms with Crippen molar-refractivity contribution in [3.05, 3.63) is 18.0 Å². The molecular weight excluding hydrogens is 262 g/mol. The van der Waals surface area contributed by atoms with Crippen molar-refractivity contribution >= 4 is 0 Å². The van der Waals surface area contributed by atoms with Crippen LogP contribution < -0.4 is 5.32 Å². The van der Waals surface area contributed by atoms with Gasteiger partial charge in [0.1, 0.15) is 0 Å². The van der Waals surface area contributed by atoms with Crippen LogP contribution in [0.3, 0.4) is 0 Å². The summed E-state index contributed by atoms with van der Waals surface area (Å²) in [7, 11) is 2.08. The summed E-state index contributed by atoms with van der Waals surface area (Å²) in [5.74, 6) is 0.659. The Bertz CT molecular complexity index is 455. The lowest BCUT2D eigenvalue weighted by molar-refractivity contribution is 0.0862. The second-order valence-corrected chi connectivity index (χ2v) is 6.63. The minimum absolute atomic E-state index is 0.480. The van der Waals surface area contributed by atoms with Crippen molar-refractivity contribution in [2.75, 3.05) is 7.05 Å². The number of hydrogen-bond acceptors (Lipinski definition) is 3. The first-order valence-corrected chi connectivity index (χ1v) is 8.61. The van der Waals surface area contributed by atoms with E-state index in [4.69, 9.17) is 9.84 Å². The smallest absolute Gasteiger partial charge is 0.0640 e. The Hall–Kier alpha value is -0.870. The van der Waals surface area contributed by atoms with Gasteiger partial charge in [-0.05, 0) is 45.2 Å². The molecule has 2 bridgehead atoms. The van der Waals surface area contributed by atoms with E-state index in [9.17, 15) is 0 Å². The molecule has 4 nitrogen and oxygen atoms in total. The average Bonchev–Trinajstić information content (AvgIpc) is 3.22. The Morgan fingerprint density at radius 3 is 2.76 bits per heavy atom. The number of aromatic nitrogens is 2. The van der Waals surface area contributed by atoms with E-state index in [2.05, 4.69) is 43.2 Å². The van der Waals surface area contributed by atoms with Crippen LogP contribution in [0.25, 0.3) is 0 Å². The summed E-state index contributed by atoms with van der Waals surface area (Å²) in [6.45, 7) is 4.47. The summed E-state index contributed by atoms with van der Waals surface area (Å²) in [5.41, 5.74) is 1.21. The topological polar surface area (TPSA) is 39.1 Å². The van der Waals surface area contributed by atoms with Crippen molar-refractivity contribution in [2.45, 2.75) is 76.7 Å². The van der Waals surface area contributed by atoms with Gasteiger partial charge in [0.25, 0.3) is 0 Å². The van der Waals surface area contributed by atoms with Gasteiger partial charge in [-0.3, -0.25) is 4.68 Å². The molecular formula is C17H29N3O. The number of likely N-dealkylation sites (N-methyl/N-ethyl adjacent to an activating group) is 1. The molecule has 2 aliphatic heterocycles. The maximum Gasteiger partial charge on any atom is 0.0640 e. The zero-order chi connectivity index (χ0) is 14.8. The lowest BCUT2D eigenvalue weighted by Gasteiger charge is -2.27. The van der Waals surface area contributed by atoms with Crippen molar-refractivity contribution < 1.29 is 4.74 Å². The van der Waals surface area contributed by atoms with E-state index in [0.717, 1.165) is 19.3 Å². The van der Waals surface area contributed by atoms with Gasteiger partial charge in [0.05, 0.1) is 23.9 Å². The molecule has 0 spiro atoms. The van der Waals surface area contributed by atoms with E-state index in [-0.39, 0.29) is 0 Å². The molecule has 4 atom stereocenters. The number of fused-ring (bicyclic) bond motifs is 2. The highest BCUT2D eigenvalue weighted by atomic mass is 16.5. The zero-order valence-corrected chi connectivity index (χ0v) is 13.6. The second-order valence-electron chi connectivity index (χ2n) is 6.63. The third kappa shape index (κ3) is 3.02. The van der Waals surface area contributed by atoms with Gasteiger partial charge in [-0.2, -0.15) is 5.10 Å². The SMILES string of the molecule is CCC(CC)n1ccc(CC(NC)C2CC3CCC2O3)n1. The second kappa shape index (κ2) is 6.49. The van der Waals surface area contributed by atoms with Crippen molar-refractivity contribution in [1.29, 1.82) is 0 Å². The van der Waals surface area contributed by atoms with E-state index in [1.54, 1.807) is 0 Å². The minimum atomic E-state index is 0.480. The first kappa shape index (κ1) is 15.0. The summed E-state index contributed by atoms with van der Waals surface area (Å²) < 4.78 is 8.17. The monoisotopic (exact) mass is 291 g/mol. The highest BCUT2D eigenvalue weighted by Gasteiger charge is 2.43. The highest BCUT2D eigenvalue weighted by molar-refractivity contribution is 5.05. The number of nitrogens with one attached hydrogen (secondary N) is 1. The summed E-state index contributed by atoms with van der Waals surface area (Å²) in [6, 6.07) is 3.22. The van der Waals surface area contributed by atoms with Gasteiger partial charge < -0.3 is 10.1 Å². The lowest BCUT2D eigenvalue weighted by Crippen LogP contribution is -2.40. The van der Waals surface area contributed by atoms with Gasteiger partial charge in [-0.15, -0.1) is 0 Å². The van der Waals surface area contributed by atoms with Crippen LogP contribution in [0, 0.1) is 5.92 Å². The highest BCUT2D eigenvalue weighted by Crippen LogP contribution is 2.40. The molecule has 1 aromatic rings. The minimum Gasteiger partial charge on any atom is -0.375 e. The molecule has 2 saturated heterocycles. The molecule has 0 radical (unpaired) electrons. The van der Waals surface area contributed by atoms with Crippen LogP contribution in [0.5, 0.6) is 0 Å². The Morgan fingerprint density at radius 1 is 1.38 bits per heavy atom. The van der Waals surface area contributed by atoms with Crippen molar-refractivity contribution in [3.63, 3.8) is 0 Å². The molecule has 1 aromatic heterocycles. The van der Waals surface area contributed by atoms with Gasteiger partial charge in [0.15, 0.2) is 0 Å². The average molecular weight is 291 g/mol. The number of ether oxygens (including phenoxy) is 1. The summed E-state index contributed by atoms with van der Waals surface area (Å²) >= 11 is 0. The summed E-state index contributed by atoms with van der Waals surface area (Å²) in [6.07, 6.45) is 10.2. The Balaban J connectivity index is 1.64. The van der Waals surface area contributed by atoms with Crippen LogP contribution >= 0.6 is 0 Å². The molecule has 2 aliphatic rings. The molecule has 4 unspecified atom stereocenters. The maximum atomic E-state index is 6.02. The Morgan fingerprint density at radius 2 is 2.19 bits per heavy atom. The molecule has 3 rings (SSSR count). The predicted molar refractivity (Wildman–Crippen MR) is 84.4 cm³/mol. The van der Waals surface area contributed by atoms with Crippen molar-refractivity contribution in [3.8, 4) is 0 Å². The van der Waals surface area contributed by atoms with Crippen LogP contribution in [-0.2, 0) is 11.2 Å². The standard InChI is InChI=1S/C17H29N3O/c1-4-13(5-2)20-9-8-12(19-20)10-16(18-3)15-11-14-6-7-17(15)21-14/h8-9,13-18H,4-7,10-11H2,1-3H3. The van der Waals surface area contributed by atoms with E-state index < -0.39 is 0 Å². The number of rotatable bonds is 7. The molecule has 21 heavy (non-hydrogen) atoms. The normalized spacial score (nSPS) is 29.4. The predicted octanol–water partition coefficient (Wildman–Crippen LogP) is 2.94. The molecule has 1 N–H and O–H groups in total. The van der Waals surface area contributed by atoms with E-state index in [0.29, 0.717) is 30.2 Å². The van der Waals surface area contributed by atoms with E-state index in [1.807, 2.05) is 0 Å². The first-order valence-electron chi connectivity index (χ1n) is 8.61. The third-order valence-electron chi connectivity index (χ3n) is 5.45. The van der Waals surface area contributed by atoms with Gasteiger partial charge in [0.2, 0.25) is 0 Å². The molecule has 0 aromatic carbocycles. The number of nitrogens with zero attached hydrogens (tertiary/aromatic N) is 2. The van der Waals surface area contributed by atoms with Crippen molar-refractivity contribution in [2.24, 2.45) is 5.92 Å². The van der Waals surface area contributed by atoms with Gasteiger partial charge in [-0.1, -0.05) is 13.8 Å². The van der Waals surface area contributed by atoms with Gasteiger partial charge in [-0.25, -0.2) is 0 Å². The van der Waals surface area contributed by atoms with Crippen LogP contribution in [0.15, 0.2) is 12.3 Å². The number of hydrogen-bond donors (Lipinski definition) is 1. The largest absolute Gasteiger partial charge is 0.375 e. The first-order chi connectivity index (χ1) is 10.2. The van der Waals surface area contributed by atoms with E-state index in [1.165, 1.54) is 25.0 Å². The van der Waals surface area contributed by atoms with Crippen LogP contribution in [0.2, 0.25) is 0 Å². The summed E-state index contributed by atoms with van der Waals surface area (Å²) in [4.78, 5) is 0. The van der Waals surface area contributed by atoms with Gasteiger partial charge in [0, 0.05) is 24.6 Å². The summed E-state index contributed by atoms with van der Waals surface area (Å²) in [5, 5.41) is 8.32. The Labute approximate surface area is 128 Å². The fourth-order valence-corrected chi connectivity index (χ4v) is 4.15.